The topological polar surface area (TPSA) is 73.1 Å². The minimum Gasteiger partial charge on any atom is -0.490 e. The fourth-order valence-electron chi connectivity index (χ4n) is 1.06. The number of nitrogens with one attached hydrogen (secondary N) is 1. The van der Waals surface area contributed by atoms with Gasteiger partial charge >= 0.3 is 0 Å². The van der Waals surface area contributed by atoms with Gasteiger partial charge in [0.1, 0.15) is 6.33 Å². The van der Waals surface area contributed by atoms with E-state index in [1.165, 1.54) is 6.33 Å². The number of hydrogen-bond donors (Lipinski definition) is 2. The Hall–Kier alpha value is -1.52. The van der Waals surface area contributed by atoms with Crippen molar-refractivity contribution in [2.75, 3.05) is 24.7 Å². The van der Waals surface area contributed by atoms with Gasteiger partial charge in [-0.25, -0.2) is 9.97 Å². The summed E-state index contributed by atoms with van der Waals surface area (Å²) in [6.45, 7) is 7.20. The number of nitrogen functional groups attached to an aromatic ring is 1. The lowest BCUT2D eigenvalue weighted by Gasteiger charge is -2.20. The number of hydrogen-bond acceptors (Lipinski definition) is 5. The van der Waals surface area contributed by atoms with E-state index in [1.54, 1.807) is 7.11 Å². The van der Waals surface area contributed by atoms with E-state index in [9.17, 15) is 0 Å². The van der Waals surface area contributed by atoms with Gasteiger partial charge in [0, 0.05) is 6.54 Å². The van der Waals surface area contributed by atoms with Gasteiger partial charge in [-0.15, -0.1) is 0 Å². The van der Waals surface area contributed by atoms with Crippen LogP contribution in [0, 0.1) is 5.41 Å². The molecule has 1 aromatic heterocycles. The number of aromatic nitrogens is 2. The lowest BCUT2D eigenvalue weighted by molar-refractivity contribution is 0.411. The molecule has 0 aliphatic heterocycles. The third kappa shape index (κ3) is 3.27. The van der Waals surface area contributed by atoms with E-state index in [-0.39, 0.29) is 5.41 Å². The van der Waals surface area contributed by atoms with E-state index < -0.39 is 0 Å². The standard InChI is InChI=1S/C10H18N4O/c1-10(2,3)5-12-9-7(15-4)8(11)13-6-14-9/h6H,5H2,1-4H3,(H3,11,12,13,14). The molecule has 1 heterocycles. The van der Waals surface area contributed by atoms with E-state index in [0.717, 1.165) is 6.54 Å². The quantitative estimate of drug-likeness (QED) is 0.791. The van der Waals surface area contributed by atoms with Gasteiger partial charge in [0.05, 0.1) is 7.11 Å². The fourth-order valence-corrected chi connectivity index (χ4v) is 1.06. The summed E-state index contributed by atoms with van der Waals surface area (Å²) in [4.78, 5) is 7.94. The van der Waals surface area contributed by atoms with Crippen LogP contribution in [0.1, 0.15) is 20.8 Å². The van der Waals surface area contributed by atoms with Crippen LogP contribution in [0.3, 0.4) is 0 Å². The lowest BCUT2D eigenvalue weighted by Crippen LogP contribution is -2.20. The molecule has 0 aliphatic carbocycles. The SMILES string of the molecule is COc1c(N)ncnc1NCC(C)(C)C. The molecule has 0 bridgehead atoms. The van der Waals surface area contributed by atoms with Crippen molar-refractivity contribution in [3.8, 4) is 5.75 Å². The summed E-state index contributed by atoms with van der Waals surface area (Å²) in [6.07, 6.45) is 1.42. The number of anilines is 2. The summed E-state index contributed by atoms with van der Waals surface area (Å²) in [5.74, 6) is 1.49. The maximum atomic E-state index is 5.66. The van der Waals surface area contributed by atoms with Crippen LogP contribution in [0.5, 0.6) is 5.75 Å². The first kappa shape index (κ1) is 11.6. The molecule has 0 aromatic carbocycles. The van der Waals surface area contributed by atoms with Crippen molar-refractivity contribution in [2.24, 2.45) is 5.41 Å². The van der Waals surface area contributed by atoms with Crippen LogP contribution in [-0.2, 0) is 0 Å². The van der Waals surface area contributed by atoms with Crippen molar-refractivity contribution in [1.29, 1.82) is 0 Å². The number of rotatable bonds is 3. The molecule has 0 fully saturated rings. The van der Waals surface area contributed by atoms with Crippen molar-refractivity contribution in [3.05, 3.63) is 6.33 Å². The molecule has 5 nitrogen and oxygen atoms in total. The first-order valence-electron chi connectivity index (χ1n) is 4.82. The summed E-state index contributed by atoms with van der Waals surface area (Å²) in [7, 11) is 1.55. The van der Waals surface area contributed by atoms with Crippen LogP contribution in [0.15, 0.2) is 6.33 Å². The zero-order valence-corrected chi connectivity index (χ0v) is 9.66. The molecule has 5 heteroatoms. The third-order valence-electron chi connectivity index (χ3n) is 1.82. The van der Waals surface area contributed by atoms with Crippen LogP contribution >= 0.6 is 0 Å². The number of nitrogens with two attached hydrogens (primary N) is 1. The average molecular weight is 210 g/mol. The molecule has 0 spiro atoms. The molecule has 15 heavy (non-hydrogen) atoms. The second-order valence-corrected chi connectivity index (χ2v) is 4.55. The summed E-state index contributed by atoms with van der Waals surface area (Å²) in [6, 6.07) is 0. The number of methoxy groups -OCH3 is 1. The van der Waals surface area contributed by atoms with Gasteiger partial charge in [-0.2, -0.15) is 0 Å². The highest BCUT2D eigenvalue weighted by Gasteiger charge is 2.13. The Kier molecular flexibility index (Phi) is 3.34. The van der Waals surface area contributed by atoms with Crippen LogP contribution < -0.4 is 15.8 Å². The predicted molar refractivity (Wildman–Crippen MR) is 60.9 cm³/mol. The molecule has 0 saturated carbocycles. The second kappa shape index (κ2) is 4.33. The van der Waals surface area contributed by atoms with Crippen molar-refractivity contribution in [2.45, 2.75) is 20.8 Å². The van der Waals surface area contributed by atoms with Crippen molar-refractivity contribution in [1.82, 2.24) is 9.97 Å². The summed E-state index contributed by atoms with van der Waals surface area (Å²) in [5.41, 5.74) is 5.83. The van der Waals surface area contributed by atoms with Crippen LogP contribution in [0.25, 0.3) is 0 Å². The smallest absolute Gasteiger partial charge is 0.203 e. The Morgan fingerprint density at radius 1 is 1.40 bits per heavy atom. The molecular formula is C10H18N4O. The molecule has 0 unspecified atom stereocenters. The zero-order valence-electron chi connectivity index (χ0n) is 9.66. The lowest BCUT2D eigenvalue weighted by atomic mass is 9.97. The summed E-state index contributed by atoms with van der Waals surface area (Å²) < 4.78 is 5.13. The summed E-state index contributed by atoms with van der Waals surface area (Å²) in [5, 5.41) is 3.19. The van der Waals surface area contributed by atoms with Crippen molar-refractivity contribution < 1.29 is 4.74 Å². The normalized spacial score (nSPS) is 11.2. The molecule has 1 aromatic rings. The van der Waals surface area contributed by atoms with Crippen LogP contribution in [-0.4, -0.2) is 23.6 Å². The minimum atomic E-state index is 0.171. The zero-order chi connectivity index (χ0) is 11.5. The number of ether oxygens (including phenoxy) is 1. The van der Waals surface area contributed by atoms with Crippen molar-refractivity contribution >= 4 is 11.6 Å². The van der Waals surface area contributed by atoms with Gasteiger partial charge in [-0.3, -0.25) is 0 Å². The van der Waals surface area contributed by atoms with Crippen LogP contribution in [0.2, 0.25) is 0 Å². The predicted octanol–water partition coefficient (Wildman–Crippen LogP) is 1.53. The van der Waals surface area contributed by atoms with Gasteiger partial charge in [-0.1, -0.05) is 20.8 Å². The van der Waals surface area contributed by atoms with Gasteiger partial charge in [0.15, 0.2) is 11.6 Å². The van der Waals surface area contributed by atoms with Crippen LogP contribution in [0.4, 0.5) is 11.6 Å². The average Bonchev–Trinajstić information content (AvgIpc) is 2.13. The van der Waals surface area contributed by atoms with E-state index in [1.807, 2.05) is 0 Å². The van der Waals surface area contributed by atoms with E-state index in [4.69, 9.17) is 10.5 Å². The highest BCUT2D eigenvalue weighted by atomic mass is 16.5. The van der Waals surface area contributed by atoms with E-state index >= 15 is 0 Å². The second-order valence-electron chi connectivity index (χ2n) is 4.55. The first-order chi connectivity index (χ1) is 6.94. The van der Waals surface area contributed by atoms with Gasteiger partial charge < -0.3 is 15.8 Å². The molecule has 0 atom stereocenters. The number of nitrogens with zero attached hydrogens (tertiary/aromatic N) is 2. The Morgan fingerprint density at radius 2 is 2.07 bits per heavy atom. The van der Waals surface area contributed by atoms with Gasteiger partial charge in [0.25, 0.3) is 0 Å². The first-order valence-corrected chi connectivity index (χ1v) is 4.82. The molecule has 0 amide bonds. The Morgan fingerprint density at radius 3 is 2.60 bits per heavy atom. The molecule has 1 rings (SSSR count). The third-order valence-corrected chi connectivity index (χ3v) is 1.82. The molecule has 0 radical (unpaired) electrons. The van der Waals surface area contributed by atoms with E-state index in [0.29, 0.717) is 17.4 Å². The maximum Gasteiger partial charge on any atom is 0.203 e. The Labute approximate surface area is 90.1 Å². The maximum absolute atomic E-state index is 5.66. The Balaban J connectivity index is 2.81. The molecule has 84 valence electrons. The minimum absolute atomic E-state index is 0.171. The Bertz CT molecular complexity index is 333. The molecule has 0 saturated heterocycles. The van der Waals surface area contributed by atoms with E-state index in [2.05, 4.69) is 36.1 Å². The molecular weight excluding hydrogens is 192 g/mol. The van der Waals surface area contributed by atoms with Gasteiger partial charge in [-0.05, 0) is 5.41 Å². The molecule has 0 aliphatic rings. The monoisotopic (exact) mass is 210 g/mol. The fraction of sp³-hybridized carbons (Fsp3) is 0.600. The van der Waals surface area contributed by atoms with Crippen molar-refractivity contribution in [3.63, 3.8) is 0 Å². The summed E-state index contributed by atoms with van der Waals surface area (Å²) >= 11 is 0. The largest absolute Gasteiger partial charge is 0.490 e. The molecule has 3 N–H and O–H groups in total. The highest BCUT2D eigenvalue weighted by Crippen LogP contribution is 2.27. The highest BCUT2D eigenvalue weighted by molar-refractivity contribution is 5.61. The van der Waals surface area contributed by atoms with Gasteiger partial charge in [0.2, 0.25) is 5.75 Å².